The van der Waals surface area contributed by atoms with Crippen molar-refractivity contribution in [3.63, 3.8) is 0 Å². The molecule has 0 aromatic carbocycles. The van der Waals surface area contributed by atoms with E-state index in [0.717, 1.165) is 0 Å². The molecule has 0 aromatic rings. The second kappa shape index (κ2) is 7.35. The van der Waals surface area contributed by atoms with Gasteiger partial charge in [-0.25, -0.2) is 4.79 Å². The predicted molar refractivity (Wildman–Crippen MR) is 60.6 cm³/mol. The first-order chi connectivity index (χ1) is 7.08. The molecule has 15 heavy (non-hydrogen) atoms. The van der Waals surface area contributed by atoms with Crippen LogP contribution in [0.2, 0.25) is 0 Å². The van der Waals surface area contributed by atoms with Gasteiger partial charge in [0.05, 0.1) is 13.2 Å². The van der Waals surface area contributed by atoms with Gasteiger partial charge in [0.25, 0.3) is 0 Å². The van der Waals surface area contributed by atoms with Crippen molar-refractivity contribution in [2.75, 3.05) is 13.2 Å². The molecular formula is C11H17ClO3. The first kappa shape index (κ1) is 14.0. The fraction of sp³-hybridized carbons (Fsp3) is 0.545. The van der Waals surface area contributed by atoms with Crippen LogP contribution in [-0.2, 0) is 14.3 Å². The molecular weight excluding hydrogens is 216 g/mol. The van der Waals surface area contributed by atoms with Crippen LogP contribution in [0.4, 0.5) is 0 Å². The van der Waals surface area contributed by atoms with Crippen molar-refractivity contribution >= 4 is 17.6 Å². The van der Waals surface area contributed by atoms with Gasteiger partial charge in [0, 0.05) is 5.03 Å². The summed E-state index contributed by atoms with van der Waals surface area (Å²) in [6.45, 7) is 9.79. The van der Waals surface area contributed by atoms with Crippen LogP contribution in [0.3, 0.4) is 0 Å². The van der Waals surface area contributed by atoms with Gasteiger partial charge in [0.15, 0.2) is 0 Å². The molecule has 0 atom stereocenters. The molecule has 86 valence electrons. The lowest BCUT2D eigenvalue weighted by Crippen LogP contribution is -2.12. The molecule has 0 heterocycles. The summed E-state index contributed by atoms with van der Waals surface area (Å²) in [7, 11) is 0. The second-order valence-corrected chi connectivity index (χ2v) is 3.17. The zero-order valence-electron chi connectivity index (χ0n) is 9.43. The van der Waals surface area contributed by atoms with Gasteiger partial charge in [-0.05, 0) is 20.3 Å². The van der Waals surface area contributed by atoms with E-state index in [9.17, 15) is 4.79 Å². The minimum absolute atomic E-state index is 0.239. The van der Waals surface area contributed by atoms with Crippen LogP contribution in [-0.4, -0.2) is 19.2 Å². The number of allylic oxidation sites excluding steroid dienone is 1. The predicted octanol–water partition coefficient (Wildman–Crippen LogP) is 3.00. The van der Waals surface area contributed by atoms with E-state index in [1.165, 1.54) is 0 Å². The lowest BCUT2D eigenvalue weighted by atomic mass is 10.2. The van der Waals surface area contributed by atoms with Gasteiger partial charge < -0.3 is 9.47 Å². The Kier molecular flexibility index (Phi) is 6.88. The van der Waals surface area contributed by atoms with Crippen molar-refractivity contribution in [2.24, 2.45) is 0 Å². The van der Waals surface area contributed by atoms with Crippen LogP contribution in [0.15, 0.2) is 22.9 Å². The fourth-order valence-corrected chi connectivity index (χ4v) is 1.18. The lowest BCUT2D eigenvalue weighted by Gasteiger charge is -2.12. The first-order valence-corrected chi connectivity index (χ1v) is 5.34. The van der Waals surface area contributed by atoms with Gasteiger partial charge in [0.2, 0.25) is 0 Å². The van der Waals surface area contributed by atoms with Crippen molar-refractivity contribution in [2.45, 2.75) is 27.2 Å². The number of rotatable bonds is 6. The summed E-state index contributed by atoms with van der Waals surface area (Å²) in [6, 6.07) is 0. The van der Waals surface area contributed by atoms with Crippen LogP contribution >= 0.6 is 11.6 Å². The van der Waals surface area contributed by atoms with Gasteiger partial charge in [0.1, 0.15) is 11.3 Å². The summed E-state index contributed by atoms with van der Waals surface area (Å²) in [5.74, 6) is -0.217. The van der Waals surface area contributed by atoms with Crippen molar-refractivity contribution in [1.29, 1.82) is 0 Å². The number of hydrogen-bond donors (Lipinski definition) is 0. The minimum atomic E-state index is -0.484. The first-order valence-electron chi connectivity index (χ1n) is 4.96. The Balaban J connectivity index is 4.90. The average molecular weight is 233 g/mol. The minimum Gasteiger partial charge on any atom is -0.494 e. The highest BCUT2D eigenvalue weighted by Gasteiger charge is 2.19. The maximum atomic E-state index is 11.6. The molecule has 0 spiro atoms. The highest BCUT2D eigenvalue weighted by molar-refractivity contribution is 6.32. The van der Waals surface area contributed by atoms with Crippen LogP contribution < -0.4 is 0 Å². The molecule has 0 aliphatic rings. The zero-order valence-corrected chi connectivity index (χ0v) is 10.2. The maximum Gasteiger partial charge on any atom is 0.343 e. The third-order valence-electron chi connectivity index (χ3n) is 1.66. The molecule has 0 aliphatic heterocycles. The summed E-state index contributed by atoms with van der Waals surface area (Å²) in [4.78, 5) is 11.6. The molecule has 0 saturated heterocycles. The molecule has 0 radical (unpaired) electrons. The third kappa shape index (κ3) is 4.38. The number of carbonyl (C=O) groups excluding carboxylic acids is 1. The van der Waals surface area contributed by atoms with Gasteiger partial charge in [-0.1, -0.05) is 25.1 Å². The number of hydrogen-bond acceptors (Lipinski definition) is 3. The molecule has 3 nitrogen and oxygen atoms in total. The molecule has 0 bridgehead atoms. The van der Waals surface area contributed by atoms with E-state index in [1.807, 2.05) is 13.8 Å². The summed E-state index contributed by atoms with van der Waals surface area (Å²) in [5, 5.41) is 0.409. The number of halogens is 1. The smallest absolute Gasteiger partial charge is 0.343 e. The van der Waals surface area contributed by atoms with E-state index in [2.05, 4.69) is 6.58 Å². The largest absolute Gasteiger partial charge is 0.494 e. The van der Waals surface area contributed by atoms with Crippen molar-refractivity contribution in [3.05, 3.63) is 22.9 Å². The summed E-state index contributed by atoms with van der Waals surface area (Å²) in [6.07, 6.45) is 0.543. The highest BCUT2D eigenvalue weighted by atomic mass is 35.5. The molecule has 0 unspecified atom stereocenters. The van der Waals surface area contributed by atoms with Crippen LogP contribution in [0.5, 0.6) is 0 Å². The summed E-state index contributed by atoms with van der Waals surface area (Å²) >= 11 is 5.93. The van der Waals surface area contributed by atoms with E-state index in [-0.39, 0.29) is 11.3 Å². The van der Waals surface area contributed by atoms with Gasteiger partial charge in [-0.3, -0.25) is 0 Å². The van der Waals surface area contributed by atoms with Gasteiger partial charge in [-0.2, -0.15) is 0 Å². The molecule has 0 N–H and O–H groups in total. The zero-order chi connectivity index (χ0) is 11.8. The Bertz CT molecular complexity index is 249. The van der Waals surface area contributed by atoms with E-state index >= 15 is 0 Å². The van der Waals surface area contributed by atoms with Crippen LogP contribution in [0.25, 0.3) is 0 Å². The van der Waals surface area contributed by atoms with E-state index in [4.69, 9.17) is 21.1 Å². The quantitative estimate of drug-likeness (QED) is 0.306. The van der Waals surface area contributed by atoms with E-state index < -0.39 is 5.97 Å². The second-order valence-electron chi connectivity index (χ2n) is 2.71. The summed E-state index contributed by atoms with van der Waals surface area (Å²) in [5.41, 5.74) is 0.239. The van der Waals surface area contributed by atoms with Crippen molar-refractivity contribution in [3.8, 4) is 0 Å². The number of ether oxygens (including phenoxy) is 2. The Morgan fingerprint density at radius 2 is 1.73 bits per heavy atom. The lowest BCUT2D eigenvalue weighted by molar-refractivity contribution is -0.138. The Morgan fingerprint density at radius 1 is 1.20 bits per heavy atom. The molecule has 4 heteroatoms. The molecule has 0 aliphatic carbocycles. The fourth-order valence-electron chi connectivity index (χ4n) is 1.00. The summed E-state index contributed by atoms with van der Waals surface area (Å²) < 4.78 is 10.0. The monoisotopic (exact) mass is 232 g/mol. The van der Waals surface area contributed by atoms with Crippen LogP contribution in [0.1, 0.15) is 27.2 Å². The average Bonchev–Trinajstić information content (AvgIpc) is 2.18. The number of esters is 1. The standard InChI is InChI=1S/C11H17ClO3/c1-5-9(12)10(8(4)14-6-2)11(13)15-7-3/h4-7H2,1-3H3/b10-9-. The van der Waals surface area contributed by atoms with Crippen molar-refractivity contribution < 1.29 is 14.3 Å². The van der Waals surface area contributed by atoms with E-state index in [1.54, 1.807) is 6.92 Å². The topological polar surface area (TPSA) is 35.5 Å². The van der Waals surface area contributed by atoms with Crippen molar-refractivity contribution in [1.82, 2.24) is 0 Å². The Morgan fingerprint density at radius 3 is 2.13 bits per heavy atom. The van der Waals surface area contributed by atoms with Gasteiger partial charge >= 0.3 is 5.97 Å². The van der Waals surface area contributed by atoms with Gasteiger partial charge in [-0.15, -0.1) is 0 Å². The van der Waals surface area contributed by atoms with E-state index in [0.29, 0.717) is 24.7 Å². The molecule has 0 rings (SSSR count). The number of carbonyl (C=O) groups is 1. The molecule has 0 fully saturated rings. The Hall–Kier alpha value is -0.960. The molecule has 0 saturated carbocycles. The SMILES string of the molecule is C=C(OCC)/C(C(=O)OCC)=C(/Cl)CC. The maximum absolute atomic E-state index is 11.6. The highest BCUT2D eigenvalue weighted by Crippen LogP contribution is 2.21. The Labute approximate surface area is 95.7 Å². The third-order valence-corrected chi connectivity index (χ3v) is 2.11. The van der Waals surface area contributed by atoms with Crippen LogP contribution in [0, 0.1) is 0 Å². The normalized spacial score (nSPS) is 11.7. The molecule has 0 aromatic heterocycles. The molecule has 0 amide bonds.